The number of benzene rings is 1. The van der Waals surface area contributed by atoms with Gasteiger partial charge in [0.1, 0.15) is 15.6 Å². The zero-order valence-corrected chi connectivity index (χ0v) is 15.7. The highest BCUT2D eigenvalue weighted by Crippen LogP contribution is 2.38. The van der Waals surface area contributed by atoms with Crippen molar-refractivity contribution in [3.63, 3.8) is 0 Å². The Morgan fingerprint density at radius 3 is 2.27 bits per heavy atom. The smallest absolute Gasteiger partial charge is 0.399 e. The molecule has 0 bridgehead atoms. The summed E-state index contributed by atoms with van der Waals surface area (Å²) in [4.78, 5) is 15.2. The van der Waals surface area contributed by atoms with E-state index in [0.29, 0.717) is 11.0 Å². The summed E-state index contributed by atoms with van der Waals surface area (Å²) in [7, 11) is -0.674. The lowest BCUT2D eigenvalue weighted by atomic mass is 9.76. The second-order valence-corrected chi connectivity index (χ2v) is 8.07. The molecule has 5 nitrogen and oxygen atoms in total. The average Bonchev–Trinajstić information content (AvgIpc) is 3.07. The zero-order valence-electron chi connectivity index (χ0n) is 14.9. The molecule has 0 radical (unpaired) electrons. The van der Waals surface area contributed by atoms with Crippen molar-refractivity contribution in [3.05, 3.63) is 34.8 Å². The van der Waals surface area contributed by atoms with Gasteiger partial charge < -0.3 is 15.0 Å². The van der Waals surface area contributed by atoms with Crippen LogP contribution in [0.15, 0.2) is 24.3 Å². The van der Waals surface area contributed by atoms with Gasteiger partial charge in [0.2, 0.25) is 0 Å². The van der Waals surface area contributed by atoms with Crippen molar-refractivity contribution in [2.45, 2.75) is 45.3 Å². The number of carbonyl (C=O) groups is 1. The molecule has 0 unspecified atom stereocenters. The third-order valence-electron chi connectivity index (χ3n) is 4.78. The number of alkyl halides is 2. The highest BCUT2D eigenvalue weighted by Gasteiger charge is 2.52. The summed E-state index contributed by atoms with van der Waals surface area (Å²) in [5.74, 6) is -0.919. The maximum atomic E-state index is 13.2. The van der Waals surface area contributed by atoms with Gasteiger partial charge in [0.05, 0.1) is 11.2 Å². The summed E-state index contributed by atoms with van der Waals surface area (Å²) in [6.45, 7) is 7.72. The normalized spacial score (nSPS) is 18.5. The molecule has 1 aliphatic heterocycles. The molecule has 0 spiro atoms. The third-order valence-corrected chi connectivity index (χ3v) is 5.90. The van der Waals surface area contributed by atoms with E-state index >= 15 is 0 Å². The Balaban J connectivity index is 2.07. The Morgan fingerprint density at radius 2 is 1.77 bits per heavy atom. The molecule has 0 aliphatic carbocycles. The molecule has 26 heavy (non-hydrogen) atoms. The van der Waals surface area contributed by atoms with Gasteiger partial charge >= 0.3 is 7.12 Å². The highest BCUT2D eigenvalue weighted by atomic mass is 32.1. The fourth-order valence-electron chi connectivity index (χ4n) is 2.64. The van der Waals surface area contributed by atoms with Crippen LogP contribution in [-0.2, 0) is 9.31 Å². The summed E-state index contributed by atoms with van der Waals surface area (Å²) >= 11 is 0.845. The average molecular weight is 380 g/mol. The summed E-state index contributed by atoms with van der Waals surface area (Å²) in [5, 5.41) is 0.277. The second kappa shape index (κ2) is 6.40. The van der Waals surface area contributed by atoms with Crippen LogP contribution in [0.25, 0.3) is 10.6 Å². The maximum absolute atomic E-state index is 13.2. The fraction of sp³-hybridized carbons (Fsp3) is 0.412. The maximum Gasteiger partial charge on any atom is 0.495 e. The molecule has 1 fully saturated rings. The van der Waals surface area contributed by atoms with E-state index in [2.05, 4.69) is 4.98 Å². The standard InChI is InChI=1S/C17H19BF2N2O3S/c1-16(2)17(3,4)25-18(24-16)10-8-6-5-7-9(10)15-22-11(13(19)20)12(26-15)14(21)23/h5-8,13H,1-4H3,(H2,21,23). The molecule has 0 saturated carbocycles. The van der Waals surface area contributed by atoms with Gasteiger partial charge in [0.15, 0.2) is 0 Å². The number of amides is 1. The molecule has 1 aromatic heterocycles. The van der Waals surface area contributed by atoms with Crippen LogP contribution in [0.4, 0.5) is 8.78 Å². The van der Waals surface area contributed by atoms with Crippen LogP contribution in [0, 0.1) is 0 Å². The van der Waals surface area contributed by atoms with Gasteiger partial charge in [0, 0.05) is 5.56 Å². The van der Waals surface area contributed by atoms with Crippen LogP contribution in [0.5, 0.6) is 0 Å². The highest BCUT2D eigenvalue weighted by molar-refractivity contribution is 7.17. The van der Waals surface area contributed by atoms with Crippen LogP contribution < -0.4 is 11.2 Å². The Labute approximate surface area is 154 Å². The van der Waals surface area contributed by atoms with E-state index in [9.17, 15) is 13.6 Å². The van der Waals surface area contributed by atoms with Gasteiger partial charge in [-0.3, -0.25) is 4.79 Å². The molecule has 9 heteroatoms. The number of halogens is 2. The minimum Gasteiger partial charge on any atom is -0.399 e. The number of aromatic nitrogens is 1. The van der Waals surface area contributed by atoms with Crippen molar-refractivity contribution in [3.8, 4) is 10.6 Å². The monoisotopic (exact) mass is 380 g/mol. The number of hydrogen-bond donors (Lipinski definition) is 1. The Kier molecular flexibility index (Phi) is 4.66. The minimum absolute atomic E-state index is 0.237. The topological polar surface area (TPSA) is 74.4 Å². The zero-order chi connectivity index (χ0) is 19.3. The van der Waals surface area contributed by atoms with Crippen molar-refractivity contribution < 1.29 is 22.9 Å². The number of hydrogen-bond acceptors (Lipinski definition) is 5. The number of nitrogens with two attached hydrogens (primary N) is 1. The van der Waals surface area contributed by atoms with Crippen LogP contribution in [0.2, 0.25) is 0 Å². The quantitative estimate of drug-likeness (QED) is 0.827. The van der Waals surface area contributed by atoms with Gasteiger partial charge in [-0.15, -0.1) is 11.3 Å². The summed E-state index contributed by atoms with van der Waals surface area (Å²) in [5.41, 5.74) is 4.78. The minimum atomic E-state index is -2.88. The third kappa shape index (κ3) is 3.15. The number of nitrogens with zero attached hydrogens (tertiary/aromatic N) is 1. The van der Waals surface area contributed by atoms with E-state index in [1.165, 1.54) is 0 Å². The molecular formula is C17H19BF2N2O3S. The van der Waals surface area contributed by atoms with E-state index < -0.39 is 36.3 Å². The molecule has 2 aromatic rings. The van der Waals surface area contributed by atoms with E-state index in [4.69, 9.17) is 15.0 Å². The first-order chi connectivity index (χ1) is 12.0. The molecule has 3 rings (SSSR count). The van der Waals surface area contributed by atoms with Crippen LogP contribution in [0.1, 0.15) is 49.5 Å². The summed E-state index contributed by atoms with van der Waals surface area (Å²) in [6, 6.07) is 7.10. The largest absolute Gasteiger partial charge is 0.495 e. The molecule has 1 amide bonds. The van der Waals surface area contributed by atoms with Gasteiger partial charge in [-0.1, -0.05) is 24.3 Å². The molecule has 1 saturated heterocycles. The lowest BCUT2D eigenvalue weighted by molar-refractivity contribution is 0.00578. The number of primary amides is 1. The first-order valence-electron chi connectivity index (χ1n) is 8.07. The molecule has 2 N–H and O–H groups in total. The summed E-state index contributed by atoms with van der Waals surface area (Å²) < 4.78 is 38.5. The van der Waals surface area contributed by atoms with Crippen molar-refractivity contribution in [1.29, 1.82) is 0 Å². The number of rotatable bonds is 4. The SMILES string of the molecule is CC1(C)OB(c2ccccc2-c2nc(C(F)F)c(C(N)=O)s2)OC1(C)C. The number of carbonyl (C=O) groups excluding carboxylic acids is 1. The van der Waals surface area contributed by atoms with E-state index in [0.717, 1.165) is 11.3 Å². The number of thiazole rings is 1. The van der Waals surface area contributed by atoms with Gasteiger partial charge in [-0.25, -0.2) is 13.8 Å². The first-order valence-corrected chi connectivity index (χ1v) is 8.89. The Bertz CT molecular complexity index is 838. The van der Waals surface area contributed by atoms with E-state index in [-0.39, 0.29) is 9.88 Å². The molecule has 1 aromatic carbocycles. The van der Waals surface area contributed by atoms with Crippen molar-refractivity contribution in [2.24, 2.45) is 5.73 Å². The predicted octanol–water partition coefficient (Wildman–Crippen LogP) is 3.15. The second-order valence-electron chi connectivity index (χ2n) is 7.07. The van der Waals surface area contributed by atoms with Crippen LogP contribution in [0.3, 0.4) is 0 Å². The molecule has 138 valence electrons. The van der Waals surface area contributed by atoms with Gasteiger partial charge in [0.25, 0.3) is 12.3 Å². The van der Waals surface area contributed by atoms with Crippen LogP contribution in [-0.4, -0.2) is 29.2 Å². The van der Waals surface area contributed by atoms with Gasteiger partial charge in [-0.2, -0.15) is 0 Å². The first kappa shape index (κ1) is 18.9. The lowest BCUT2D eigenvalue weighted by Gasteiger charge is -2.32. The van der Waals surface area contributed by atoms with E-state index in [1.807, 2.05) is 27.7 Å². The van der Waals surface area contributed by atoms with Gasteiger partial charge in [-0.05, 0) is 33.2 Å². The predicted molar refractivity (Wildman–Crippen MR) is 96.7 cm³/mol. The van der Waals surface area contributed by atoms with Crippen molar-refractivity contribution in [1.82, 2.24) is 4.98 Å². The molecule has 0 atom stereocenters. The van der Waals surface area contributed by atoms with Crippen molar-refractivity contribution in [2.75, 3.05) is 0 Å². The fourth-order valence-corrected chi connectivity index (χ4v) is 3.61. The van der Waals surface area contributed by atoms with Crippen molar-refractivity contribution >= 4 is 29.8 Å². The van der Waals surface area contributed by atoms with E-state index in [1.54, 1.807) is 24.3 Å². The molecule has 2 heterocycles. The van der Waals surface area contributed by atoms with Crippen LogP contribution >= 0.6 is 11.3 Å². The molecule has 1 aliphatic rings. The Morgan fingerprint density at radius 1 is 1.19 bits per heavy atom. The Hall–Kier alpha value is -1.84. The molecular weight excluding hydrogens is 361 g/mol. The summed E-state index contributed by atoms with van der Waals surface area (Å²) in [6.07, 6.45) is -2.88. The lowest BCUT2D eigenvalue weighted by Crippen LogP contribution is -2.41.